The molecule has 0 radical (unpaired) electrons. The summed E-state index contributed by atoms with van der Waals surface area (Å²) in [7, 11) is -1.10. The first-order chi connectivity index (χ1) is 4.16. The van der Waals surface area contributed by atoms with Gasteiger partial charge in [0.25, 0.3) is 0 Å². The van der Waals surface area contributed by atoms with Crippen molar-refractivity contribution >= 4 is 8.25 Å². The van der Waals surface area contributed by atoms with E-state index in [-0.39, 0.29) is 6.10 Å². The van der Waals surface area contributed by atoms with Crippen molar-refractivity contribution in [3.8, 4) is 0 Å². The van der Waals surface area contributed by atoms with Crippen LogP contribution in [0.5, 0.6) is 0 Å². The third-order valence-electron chi connectivity index (χ3n) is 0.475. The molecule has 0 heterocycles. The third-order valence-corrected chi connectivity index (χ3v) is 1.04. The SMILES string of the molecule is CO[PH](=O)OOC(C)C. The first kappa shape index (κ1) is 9.11. The molecule has 0 rings (SSSR count). The summed E-state index contributed by atoms with van der Waals surface area (Å²) in [5.74, 6) is 0. The Balaban J connectivity index is 3.17. The Morgan fingerprint density at radius 1 is 1.44 bits per heavy atom. The second kappa shape index (κ2) is 4.94. The van der Waals surface area contributed by atoms with Crippen molar-refractivity contribution in [3.63, 3.8) is 0 Å². The van der Waals surface area contributed by atoms with E-state index in [1.54, 1.807) is 13.8 Å². The van der Waals surface area contributed by atoms with Crippen LogP contribution in [-0.2, 0) is 18.7 Å². The van der Waals surface area contributed by atoms with Gasteiger partial charge in [0.05, 0.1) is 6.10 Å². The van der Waals surface area contributed by atoms with E-state index in [1.165, 1.54) is 7.11 Å². The zero-order chi connectivity index (χ0) is 7.28. The molecule has 1 unspecified atom stereocenters. The van der Waals surface area contributed by atoms with Crippen LogP contribution in [-0.4, -0.2) is 13.2 Å². The van der Waals surface area contributed by atoms with Crippen LogP contribution in [0.15, 0.2) is 0 Å². The zero-order valence-corrected chi connectivity index (χ0v) is 6.71. The smallest absolute Gasteiger partial charge is 0.312 e. The van der Waals surface area contributed by atoms with Crippen molar-refractivity contribution in [3.05, 3.63) is 0 Å². The van der Waals surface area contributed by atoms with E-state index >= 15 is 0 Å². The van der Waals surface area contributed by atoms with Crippen molar-refractivity contribution in [2.75, 3.05) is 7.11 Å². The molecule has 9 heavy (non-hydrogen) atoms. The summed E-state index contributed by atoms with van der Waals surface area (Å²) in [6.07, 6.45) is -0.0888. The molecular formula is C4H11O4P. The Morgan fingerprint density at radius 3 is 2.33 bits per heavy atom. The van der Waals surface area contributed by atoms with Gasteiger partial charge >= 0.3 is 8.25 Å². The van der Waals surface area contributed by atoms with Crippen LogP contribution in [0.1, 0.15) is 13.8 Å². The fraction of sp³-hybridized carbons (Fsp3) is 1.00. The van der Waals surface area contributed by atoms with Crippen LogP contribution in [0.25, 0.3) is 0 Å². The van der Waals surface area contributed by atoms with E-state index in [0.29, 0.717) is 0 Å². The summed E-state index contributed by atoms with van der Waals surface area (Å²) in [5.41, 5.74) is 0. The average Bonchev–Trinajstić information content (AvgIpc) is 1.83. The normalized spacial score (nSPS) is 14.2. The van der Waals surface area contributed by atoms with E-state index in [0.717, 1.165) is 0 Å². The fourth-order valence-corrected chi connectivity index (χ4v) is 0.509. The third kappa shape index (κ3) is 5.99. The number of rotatable bonds is 4. The molecule has 0 fully saturated rings. The Morgan fingerprint density at radius 2 is 2.00 bits per heavy atom. The van der Waals surface area contributed by atoms with Crippen LogP contribution >= 0.6 is 8.25 Å². The molecule has 0 aromatic heterocycles. The van der Waals surface area contributed by atoms with Gasteiger partial charge in [0, 0.05) is 7.11 Å². The molecule has 0 saturated carbocycles. The Labute approximate surface area is 55.0 Å². The predicted molar refractivity (Wildman–Crippen MR) is 33.3 cm³/mol. The average molecular weight is 154 g/mol. The minimum Gasteiger partial charge on any atom is -0.312 e. The second-order valence-corrected chi connectivity index (χ2v) is 2.76. The van der Waals surface area contributed by atoms with E-state index in [2.05, 4.69) is 14.1 Å². The van der Waals surface area contributed by atoms with Gasteiger partial charge in [-0.1, -0.05) is 0 Å². The van der Waals surface area contributed by atoms with E-state index in [4.69, 9.17) is 0 Å². The van der Waals surface area contributed by atoms with Crippen molar-refractivity contribution in [2.24, 2.45) is 0 Å². The zero-order valence-electron chi connectivity index (χ0n) is 5.71. The second-order valence-electron chi connectivity index (χ2n) is 1.68. The van der Waals surface area contributed by atoms with Crippen LogP contribution < -0.4 is 0 Å². The molecule has 4 nitrogen and oxygen atoms in total. The van der Waals surface area contributed by atoms with Crippen molar-refractivity contribution < 1.29 is 18.7 Å². The van der Waals surface area contributed by atoms with Crippen LogP contribution in [0, 0.1) is 0 Å². The number of hydrogen-bond donors (Lipinski definition) is 0. The highest BCUT2D eigenvalue weighted by molar-refractivity contribution is 7.33. The molecule has 0 N–H and O–H groups in total. The molecule has 0 aromatic carbocycles. The van der Waals surface area contributed by atoms with Gasteiger partial charge in [-0.05, 0) is 13.8 Å². The van der Waals surface area contributed by atoms with Crippen LogP contribution in [0.3, 0.4) is 0 Å². The Hall–Kier alpha value is 0.110. The lowest BCUT2D eigenvalue weighted by molar-refractivity contribution is -0.236. The highest BCUT2D eigenvalue weighted by atomic mass is 31.1. The van der Waals surface area contributed by atoms with Crippen molar-refractivity contribution in [1.82, 2.24) is 0 Å². The molecule has 0 amide bonds. The maximum Gasteiger partial charge on any atom is 0.346 e. The molecule has 0 spiro atoms. The standard InChI is InChI=1S/C4H11O4P/c1-4(2)7-8-9(5)6-3/h4,9H,1-3H3. The predicted octanol–water partition coefficient (Wildman–Crippen LogP) is 1.38. The molecule has 5 heteroatoms. The first-order valence-corrected chi connectivity index (χ1v) is 3.80. The van der Waals surface area contributed by atoms with Crippen molar-refractivity contribution in [1.29, 1.82) is 0 Å². The van der Waals surface area contributed by atoms with Gasteiger partial charge in [0.1, 0.15) is 0 Å². The molecular weight excluding hydrogens is 143 g/mol. The summed E-state index contributed by atoms with van der Waals surface area (Å²) in [5, 5.41) is 0. The number of hydrogen-bond acceptors (Lipinski definition) is 4. The molecule has 0 aliphatic carbocycles. The fourth-order valence-electron chi connectivity index (χ4n) is 0.170. The summed E-state index contributed by atoms with van der Waals surface area (Å²) in [4.78, 5) is 4.50. The quantitative estimate of drug-likeness (QED) is 0.348. The highest BCUT2D eigenvalue weighted by Crippen LogP contribution is 2.22. The molecule has 0 aromatic rings. The van der Waals surface area contributed by atoms with Crippen LogP contribution in [0.2, 0.25) is 0 Å². The first-order valence-electron chi connectivity index (χ1n) is 2.58. The lowest BCUT2D eigenvalue weighted by Gasteiger charge is -2.03. The topological polar surface area (TPSA) is 44.8 Å². The summed E-state index contributed by atoms with van der Waals surface area (Å²) < 4.78 is 18.9. The molecule has 1 atom stereocenters. The summed E-state index contributed by atoms with van der Waals surface area (Å²) in [6.45, 7) is 3.54. The van der Waals surface area contributed by atoms with Gasteiger partial charge in [-0.3, -0.25) is 4.57 Å². The van der Waals surface area contributed by atoms with Gasteiger partial charge in [0.15, 0.2) is 0 Å². The minimum atomic E-state index is -2.40. The monoisotopic (exact) mass is 154 g/mol. The Bertz CT molecular complexity index is 92.6. The van der Waals surface area contributed by atoms with Gasteiger partial charge in [-0.25, -0.2) is 4.89 Å². The molecule has 0 bridgehead atoms. The maximum atomic E-state index is 10.3. The van der Waals surface area contributed by atoms with Gasteiger partial charge in [-0.15, -0.1) is 0 Å². The lowest BCUT2D eigenvalue weighted by atomic mass is 10.5. The van der Waals surface area contributed by atoms with Gasteiger partial charge in [-0.2, -0.15) is 4.67 Å². The lowest BCUT2D eigenvalue weighted by Crippen LogP contribution is -1.98. The molecule has 0 saturated heterocycles. The van der Waals surface area contributed by atoms with Crippen molar-refractivity contribution in [2.45, 2.75) is 20.0 Å². The largest absolute Gasteiger partial charge is 0.346 e. The maximum absolute atomic E-state index is 10.3. The van der Waals surface area contributed by atoms with E-state index in [1.807, 2.05) is 0 Å². The van der Waals surface area contributed by atoms with E-state index < -0.39 is 8.25 Å². The van der Waals surface area contributed by atoms with Crippen LogP contribution in [0.4, 0.5) is 0 Å². The van der Waals surface area contributed by atoms with Gasteiger partial charge in [0.2, 0.25) is 0 Å². The van der Waals surface area contributed by atoms with Gasteiger partial charge < -0.3 is 4.52 Å². The van der Waals surface area contributed by atoms with E-state index in [9.17, 15) is 4.57 Å². The molecule has 56 valence electrons. The summed E-state index contributed by atoms with van der Waals surface area (Å²) in [6, 6.07) is 0. The highest BCUT2D eigenvalue weighted by Gasteiger charge is 1.98. The minimum absolute atomic E-state index is 0.0888. The molecule has 0 aliphatic rings. The summed E-state index contributed by atoms with van der Waals surface area (Å²) >= 11 is 0. The molecule has 0 aliphatic heterocycles. The Kier molecular flexibility index (Phi) is 5.00.